The number of hydrogen-bond acceptors (Lipinski definition) is 2. The zero-order valence-corrected chi connectivity index (χ0v) is 12.2. The van der Waals surface area contributed by atoms with Gasteiger partial charge in [0, 0.05) is 21.3 Å². The number of halogens is 1. The summed E-state index contributed by atoms with van der Waals surface area (Å²) in [5.41, 5.74) is 2.41. The number of aryl methyl sites for hydroxylation is 1. The van der Waals surface area contributed by atoms with Crippen molar-refractivity contribution < 1.29 is 0 Å². The highest BCUT2D eigenvalue weighted by molar-refractivity contribution is 9.10. The molecule has 1 aromatic carbocycles. The number of nitrogens with zero attached hydrogens (tertiary/aromatic N) is 1. The van der Waals surface area contributed by atoms with Gasteiger partial charge in [0.1, 0.15) is 5.82 Å². The highest BCUT2D eigenvalue weighted by Crippen LogP contribution is 2.21. The molecule has 0 saturated heterocycles. The number of nitrogens with one attached hydrogen (secondary N) is 1. The molecule has 0 atom stereocenters. The lowest BCUT2D eigenvalue weighted by Crippen LogP contribution is -2.18. The third kappa shape index (κ3) is 2.53. The van der Waals surface area contributed by atoms with E-state index in [4.69, 9.17) is 0 Å². The summed E-state index contributed by atoms with van der Waals surface area (Å²) in [6, 6.07) is 7.73. The molecule has 1 heterocycles. The van der Waals surface area contributed by atoms with Gasteiger partial charge in [0.15, 0.2) is 0 Å². The first-order chi connectivity index (χ1) is 8.49. The van der Waals surface area contributed by atoms with Crippen LogP contribution < -0.4 is 5.56 Å². The third-order valence-corrected chi connectivity index (χ3v) is 3.31. The highest BCUT2D eigenvalue weighted by atomic mass is 79.9. The maximum atomic E-state index is 12.1. The van der Waals surface area contributed by atoms with Crippen LogP contribution in [0.2, 0.25) is 0 Å². The molecule has 0 bridgehead atoms. The minimum Gasteiger partial charge on any atom is -0.306 e. The van der Waals surface area contributed by atoms with Crippen molar-refractivity contribution in [1.82, 2.24) is 9.97 Å². The average molecular weight is 307 g/mol. The Morgan fingerprint density at radius 3 is 2.61 bits per heavy atom. The molecule has 1 aromatic heterocycles. The van der Waals surface area contributed by atoms with Crippen LogP contribution in [0.3, 0.4) is 0 Å². The molecular weight excluding hydrogens is 292 g/mol. The number of benzene rings is 1. The molecule has 0 saturated carbocycles. The molecule has 2 rings (SSSR count). The van der Waals surface area contributed by atoms with Gasteiger partial charge in [-0.2, -0.15) is 0 Å². The molecule has 0 aliphatic heterocycles. The Hall–Kier alpha value is -1.42. The maximum Gasteiger partial charge on any atom is 0.254 e. The highest BCUT2D eigenvalue weighted by Gasteiger charge is 2.12. The van der Waals surface area contributed by atoms with Crippen LogP contribution in [0.4, 0.5) is 0 Å². The Balaban J connectivity index is 2.59. The SMILES string of the molecule is Cc1nc(-c2cccc(Br)c2)[nH]c(=O)c1C(C)C. The smallest absolute Gasteiger partial charge is 0.254 e. The molecule has 0 fully saturated rings. The summed E-state index contributed by atoms with van der Waals surface area (Å²) in [5.74, 6) is 0.793. The molecule has 1 N–H and O–H groups in total. The largest absolute Gasteiger partial charge is 0.306 e. The van der Waals surface area contributed by atoms with Crippen LogP contribution in [0.5, 0.6) is 0 Å². The predicted molar refractivity (Wildman–Crippen MR) is 76.8 cm³/mol. The monoisotopic (exact) mass is 306 g/mol. The summed E-state index contributed by atoms with van der Waals surface area (Å²) >= 11 is 3.41. The van der Waals surface area contributed by atoms with Crippen LogP contribution in [0.1, 0.15) is 31.0 Å². The molecule has 0 aliphatic rings. The maximum absolute atomic E-state index is 12.1. The fourth-order valence-corrected chi connectivity index (χ4v) is 2.45. The van der Waals surface area contributed by atoms with Crippen LogP contribution in [-0.4, -0.2) is 9.97 Å². The van der Waals surface area contributed by atoms with E-state index in [-0.39, 0.29) is 11.5 Å². The molecule has 0 aliphatic carbocycles. The molecule has 0 amide bonds. The number of aromatic nitrogens is 2. The second kappa shape index (κ2) is 5.06. The lowest BCUT2D eigenvalue weighted by Gasteiger charge is -2.09. The number of aromatic amines is 1. The lowest BCUT2D eigenvalue weighted by molar-refractivity contribution is 0.815. The molecule has 18 heavy (non-hydrogen) atoms. The number of H-pyrrole nitrogens is 1. The molecular formula is C14H15BrN2O. The van der Waals surface area contributed by atoms with Gasteiger partial charge in [0.05, 0.1) is 0 Å². The molecule has 0 radical (unpaired) electrons. The quantitative estimate of drug-likeness (QED) is 0.921. The Kier molecular flexibility index (Phi) is 3.66. The van der Waals surface area contributed by atoms with Gasteiger partial charge in [-0.05, 0) is 25.0 Å². The summed E-state index contributed by atoms with van der Waals surface area (Å²) in [6.45, 7) is 5.88. The van der Waals surface area contributed by atoms with E-state index in [2.05, 4.69) is 25.9 Å². The van der Waals surface area contributed by atoms with Gasteiger partial charge in [-0.25, -0.2) is 4.98 Å². The van der Waals surface area contributed by atoms with Crippen molar-refractivity contribution in [2.75, 3.05) is 0 Å². The average Bonchev–Trinajstić information content (AvgIpc) is 2.27. The first kappa shape index (κ1) is 13.0. The standard InChI is InChI=1S/C14H15BrN2O/c1-8(2)12-9(3)16-13(17-14(12)18)10-5-4-6-11(15)7-10/h4-8H,1-3H3,(H,16,17,18). The second-order valence-electron chi connectivity index (χ2n) is 4.58. The summed E-state index contributed by atoms with van der Waals surface area (Å²) in [7, 11) is 0. The fourth-order valence-electron chi connectivity index (χ4n) is 2.05. The van der Waals surface area contributed by atoms with Crippen molar-refractivity contribution in [3.05, 3.63) is 50.3 Å². The zero-order chi connectivity index (χ0) is 13.3. The Morgan fingerprint density at radius 1 is 1.33 bits per heavy atom. The predicted octanol–water partition coefficient (Wildman–Crippen LogP) is 3.63. The summed E-state index contributed by atoms with van der Waals surface area (Å²) in [5, 5.41) is 0. The Morgan fingerprint density at radius 2 is 2.06 bits per heavy atom. The number of hydrogen-bond donors (Lipinski definition) is 1. The Labute approximate surface area is 114 Å². The van der Waals surface area contributed by atoms with E-state index in [0.29, 0.717) is 5.82 Å². The van der Waals surface area contributed by atoms with Crippen LogP contribution in [0, 0.1) is 6.92 Å². The number of rotatable bonds is 2. The van der Waals surface area contributed by atoms with Crippen LogP contribution >= 0.6 is 15.9 Å². The lowest BCUT2D eigenvalue weighted by atomic mass is 10.0. The van der Waals surface area contributed by atoms with E-state index in [0.717, 1.165) is 21.3 Å². The summed E-state index contributed by atoms with van der Waals surface area (Å²) in [4.78, 5) is 19.4. The van der Waals surface area contributed by atoms with Gasteiger partial charge in [0.2, 0.25) is 0 Å². The summed E-state index contributed by atoms with van der Waals surface area (Å²) < 4.78 is 0.966. The molecule has 4 heteroatoms. The minimum atomic E-state index is -0.0486. The van der Waals surface area contributed by atoms with E-state index in [1.165, 1.54) is 0 Å². The molecule has 0 unspecified atom stereocenters. The topological polar surface area (TPSA) is 45.8 Å². The van der Waals surface area contributed by atoms with E-state index in [1.807, 2.05) is 45.0 Å². The first-order valence-corrected chi connectivity index (χ1v) is 6.65. The van der Waals surface area contributed by atoms with Gasteiger partial charge in [0.25, 0.3) is 5.56 Å². The van der Waals surface area contributed by atoms with Crippen LogP contribution in [0.15, 0.2) is 33.5 Å². The van der Waals surface area contributed by atoms with Crippen molar-refractivity contribution >= 4 is 15.9 Å². The van der Waals surface area contributed by atoms with Gasteiger partial charge < -0.3 is 4.98 Å². The van der Waals surface area contributed by atoms with Crippen molar-refractivity contribution in [2.45, 2.75) is 26.7 Å². The van der Waals surface area contributed by atoms with Crippen molar-refractivity contribution in [1.29, 1.82) is 0 Å². The molecule has 0 spiro atoms. The van der Waals surface area contributed by atoms with Gasteiger partial charge in [-0.15, -0.1) is 0 Å². The zero-order valence-electron chi connectivity index (χ0n) is 10.6. The third-order valence-electron chi connectivity index (χ3n) is 2.82. The molecule has 3 nitrogen and oxygen atoms in total. The van der Waals surface area contributed by atoms with Crippen LogP contribution in [-0.2, 0) is 0 Å². The van der Waals surface area contributed by atoms with E-state index in [1.54, 1.807) is 0 Å². The molecule has 2 aromatic rings. The van der Waals surface area contributed by atoms with E-state index < -0.39 is 0 Å². The van der Waals surface area contributed by atoms with Crippen LogP contribution in [0.25, 0.3) is 11.4 Å². The fraction of sp³-hybridized carbons (Fsp3) is 0.286. The second-order valence-corrected chi connectivity index (χ2v) is 5.49. The van der Waals surface area contributed by atoms with Gasteiger partial charge >= 0.3 is 0 Å². The van der Waals surface area contributed by atoms with E-state index >= 15 is 0 Å². The molecule has 94 valence electrons. The van der Waals surface area contributed by atoms with E-state index in [9.17, 15) is 4.79 Å². The minimum absolute atomic E-state index is 0.0486. The van der Waals surface area contributed by atoms with Gasteiger partial charge in [-0.3, -0.25) is 4.79 Å². The van der Waals surface area contributed by atoms with Crippen molar-refractivity contribution in [3.63, 3.8) is 0 Å². The van der Waals surface area contributed by atoms with Crippen molar-refractivity contribution in [2.24, 2.45) is 0 Å². The van der Waals surface area contributed by atoms with Crippen molar-refractivity contribution in [3.8, 4) is 11.4 Å². The normalized spacial score (nSPS) is 10.9. The van der Waals surface area contributed by atoms with Gasteiger partial charge in [-0.1, -0.05) is 41.9 Å². The Bertz CT molecular complexity index is 632. The first-order valence-electron chi connectivity index (χ1n) is 5.86. The summed E-state index contributed by atoms with van der Waals surface area (Å²) in [6.07, 6.45) is 0.